The lowest BCUT2D eigenvalue weighted by molar-refractivity contribution is -0.138. The van der Waals surface area contributed by atoms with Crippen LogP contribution in [0.1, 0.15) is 57.4 Å². The van der Waals surface area contributed by atoms with E-state index in [0.717, 1.165) is 63.3 Å². The third-order valence-corrected chi connectivity index (χ3v) is 6.90. The van der Waals surface area contributed by atoms with Crippen LogP contribution in [0, 0.1) is 5.92 Å². The number of amides is 2. The Morgan fingerprint density at radius 2 is 1.82 bits per heavy atom. The van der Waals surface area contributed by atoms with Gasteiger partial charge in [-0.25, -0.2) is 0 Å². The number of nitrogens with zero attached hydrogens (tertiary/aromatic N) is 3. The zero-order valence-corrected chi connectivity index (χ0v) is 20.5. The minimum atomic E-state index is 0.202. The summed E-state index contributed by atoms with van der Waals surface area (Å²) in [5, 5.41) is 0. The fraction of sp³-hybridized carbons (Fsp3) is 0.630. The fourth-order valence-corrected chi connectivity index (χ4v) is 4.86. The van der Waals surface area contributed by atoms with Gasteiger partial charge in [0.2, 0.25) is 11.8 Å². The van der Waals surface area contributed by atoms with Gasteiger partial charge >= 0.3 is 0 Å². The third-order valence-electron chi connectivity index (χ3n) is 6.90. The summed E-state index contributed by atoms with van der Waals surface area (Å²) in [6.07, 6.45) is 11.3. The van der Waals surface area contributed by atoms with Crippen molar-refractivity contribution in [1.29, 1.82) is 0 Å². The van der Waals surface area contributed by atoms with Crippen molar-refractivity contribution in [3.05, 3.63) is 35.9 Å². The van der Waals surface area contributed by atoms with E-state index in [1.807, 2.05) is 48.2 Å². The van der Waals surface area contributed by atoms with Crippen LogP contribution >= 0.6 is 0 Å². The molecule has 182 valence electrons. The smallest absolute Gasteiger partial charge is 0.225 e. The van der Waals surface area contributed by atoms with Gasteiger partial charge in [0.25, 0.3) is 0 Å². The maximum atomic E-state index is 12.8. The molecule has 1 saturated heterocycles. The predicted octanol–water partition coefficient (Wildman–Crippen LogP) is 4.06. The number of hydrogen-bond acceptors (Lipinski definition) is 4. The second-order valence-electron chi connectivity index (χ2n) is 9.24. The van der Waals surface area contributed by atoms with Gasteiger partial charge in [-0.05, 0) is 25.3 Å². The second-order valence-corrected chi connectivity index (χ2v) is 9.24. The van der Waals surface area contributed by atoms with E-state index in [1.54, 1.807) is 7.11 Å². The second kappa shape index (κ2) is 13.4. The van der Waals surface area contributed by atoms with Crippen LogP contribution in [0.25, 0.3) is 6.08 Å². The molecule has 33 heavy (non-hydrogen) atoms. The Morgan fingerprint density at radius 1 is 1.09 bits per heavy atom. The van der Waals surface area contributed by atoms with Gasteiger partial charge in [0.1, 0.15) is 5.75 Å². The average Bonchev–Trinajstić information content (AvgIpc) is 2.86. The first-order valence-electron chi connectivity index (χ1n) is 12.7. The predicted molar refractivity (Wildman–Crippen MR) is 133 cm³/mol. The number of ether oxygens (including phenoxy) is 1. The Bertz CT molecular complexity index is 781. The van der Waals surface area contributed by atoms with Gasteiger partial charge in [0, 0.05) is 63.7 Å². The van der Waals surface area contributed by atoms with Crippen molar-refractivity contribution in [3.8, 4) is 5.75 Å². The van der Waals surface area contributed by atoms with Crippen molar-refractivity contribution >= 4 is 17.9 Å². The van der Waals surface area contributed by atoms with E-state index >= 15 is 0 Å². The Morgan fingerprint density at radius 3 is 2.52 bits per heavy atom. The molecule has 2 amide bonds. The van der Waals surface area contributed by atoms with E-state index in [1.165, 1.54) is 19.3 Å². The molecule has 0 spiro atoms. The summed E-state index contributed by atoms with van der Waals surface area (Å²) in [5.74, 6) is 1.66. The number of hydrogen-bond donors (Lipinski definition) is 0. The Kier molecular flexibility index (Phi) is 10.3. The summed E-state index contributed by atoms with van der Waals surface area (Å²) >= 11 is 0. The summed E-state index contributed by atoms with van der Waals surface area (Å²) in [7, 11) is 1.67. The zero-order chi connectivity index (χ0) is 23.5. The molecule has 0 unspecified atom stereocenters. The molecule has 1 aromatic rings. The molecule has 3 rings (SSSR count). The van der Waals surface area contributed by atoms with Gasteiger partial charge in [0.15, 0.2) is 0 Å². The van der Waals surface area contributed by atoms with Crippen LogP contribution in [-0.2, 0) is 9.59 Å². The number of rotatable bonds is 10. The summed E-state index contributed by atoms with van der Waals surface area (Å²) in [4.78, 5) is 31.9. The van der Waals surface area contributed by atoms with Crippen LogP contribution in [0.5, 0.6) is 5.75 Å². The first-order valence-corrected chi connectivity index (χ1v) is 12.7. The van der Waals surface area contributed by atoms with Gasteiger partial charge in [-0.3, -0.25) is 14.5 Å². The SMILES string of the molecule is CCCC(=O)N(C/C=C/c1ccccc1OC)CCN1CCN(C(=O)C2CCCCC2)CC1. The van der Waals surface area contributed by atoms with Gasteiger partial charge in [0.05, 0.1) is 7.11 Å². The molecular weight excluding hydrogens is 414 g/mol. The highest BCUT2D eigenvalue weighted by Crippen LogP contribution is 2.26. The molecule has 6 nitrogen and oxygen atoms in total. The minimum Gasteiger partial charge on any atom is -0.496 e. The van der Waals surface area contributed by atoms with Crippen molar-refractivity contribution in [1.82, 2.24) is 14.7 Å². The molecule has 2 aliphatic rings. The maximum Gasteiger partial charge on any atom is 0.225 e. The number of piperazine rings is 1. The topological polar surface area (TPSA) is 53.1 Å². The first kappa shape index (κ1) is 25.3. The van der Waals surface area contributed by atoms with Gasteiger partial charge < -0.3 is 14.5 Å². The van der Waals surface area contributed by atoms with E-state index in [2.05, 4.69) is 9.80 Å². The van der Waals surface area contributed by atoms with Gasteiger partial charge in [-0.2, -0.15) is 0 Å². The standard InChI is InChI=1S/C27H41N3O3/c1-3-10-26(31)29(16-9-14-23-11-7-8-15-25(23)33-2)20-17-28-18-21-30(22-19-28)27(32)24-12-5-4-6-13-24/h7-9,11,14-15,24H,3-6,10,12-13,16-22H2,1-2H3/b14-9+. The minimum absolute atomic E-state index is 0.202. The monoisotopic (exact) mass is 455 g/mol. The molecule has 1 saturated carbocycles. The van der Waals surface area contributed by atoms with Crippen LogP contribution in [0.15, 0.2) is 30.3 Å². The molecule has 0 N–H and O–H groups in total. The highest BCUT2D eigenvalue weighted by atomic mass is 16.5. The normalized spacial score (nSPS) is 17.9. The van der Waals surface area contributed by atoms with Gasteiger partial charge in [-0.15, -0.1) is 0 Å². The highest BCUT2D eigenvalue weighted by molar-refractivity contribution is 5.79. The van der Waals surface area contributed by atoms with E-state index < -0.39 is 0 Å². The molecular formula is C27H41N3O3. The van der Waals surface area contributed by atoms with Gasteiger partial charge in [-0.1, -0.05) is 56.5 Å². The molecule has 0 radical (unpaired) electrons. The molecule has 0 bridgehead atoms. The molecule has 1 aromatic carbocycles. The first-order chi connectivity index (χ1) is 16.1. The van der Waals surface area contributed by atoms with Crippen LogP contribution in [0.2, 0.25) is 0 Å². The Labute approximate surface area is 199 Å². The summed E-state index contributed by atoms with van der Waals surface area (Å²) in [6, 6.07) is 7.90. The van der Waals surface area contributed by atoms with Crippen molar-refractivity contribution in [2.45, 2.75) is 51.9 Å². The average molecular weight is 456 g/mol. The highest BCUT2D eigenvalue weighted by Gasteiger charge is 2.28. The molecule has 1 aliphatic heterocycles. The van der Waals surface area contributed by atoms with Crippen molar-refractivity contribution in [2.24, 2.45) is 5.92 Å². The Balaban J connectivity index is 1.48. The van der Waals surface area contributed by atoms with Crippen LogP contribution in [0.4, 0.5) is 0 Å². The number of methoxy groups -OCH3 is 1. The zero-order valence-electron chi connectivity index (χ0n) is 20.5. The number of benzene rings is 1. The maximum absolute atomic E-state index is 12.8. The van der Waals surface area contributed by atoms with Crippen molar-refractivity contribution in [3.63, 3.8) is 0 Å². The largest absolute Gasteiger partial charge is 0.496 e. The van der Waals surface area contributed by atoms with Crippen LogP contribution in [-0.4, -0.2) is 79.4 Å². The molecule has 6 heteroatoms. The van der Waals surface area contributed by atoms with Crippen LogP contribution in [0.3, 0.4) is 0 Å². The summed E-state index contributed by atoms with van der Waals surface area (Å²) in [6.45, 7) is 7.62. The summed E-state index contributed by atoms with van der Waals surface area (Å²) in [5.41, 5.74) is 1.02. The molecule has 1 aliphatic carbocycles. The lowest BCUT2D eigenvalue weighted by Gasteiger charge is -2.37. The van der Waals surface area contributed by atoms with Crippen molar-refractivity contribution in [2.75, 3.05) is 52.9 Å². The van der Waals surface area contributed by atoms with E-state index in [-0.39, 0.29) is 11.8 Å². The number of para-hydroxylation sites is 1. The molecule has 0 aromatic heterocycles. The molecule has 2 fully saturated rings. The summed E-state index contributed by atoms with van der Waals surface area (Å²) < 4.78 is 5.41. The van der Waals surface area contributed by atoms with E-state index in [4.69, 9.17) is 4.74 Å². The lowest BCUT2D eigenvalue weighted by atomic mass is 9.88. The van der Waals surface area contributed by atoms with E-state index in [0.29, 0.717) is 25.4 Å². The van der Waals surface area contributed by atoms with Crippen LogP contribution < -0.4 is 4.74 Å². The number of carbonyl (C=O) groups is 2. The lowest BCUT2D eigenvalue weighted by Crippen LogP contribution is -2.52. The van der Waals surface area contributed by atoms with E-state index in [9.17, 15) is 9.59 Å². The number of carbonyl (C=O) groups excluding carboxylic acids is 2. The Hall–Kier alpha value is -2.34. The van der Waals surface area contributed by atoms with Crippen molar-refractivity contribution < 1.29 is 14.3 Å². The molecule has 0 atom stereocenters. The third kappa shape index (κ3) is 7.60. The fourth-order valence-electron chi connectivity index (χ4n) is 4.86. The molecule has 1 heterocycles. The quantitative estimate of drug-likeness (QED) is 0.534.